The summed E-state index contributed by atoms with van der Waals surface area (Å²) in [5.74, 6) is 0.394. The van der Waals surface area contributed by atoms with Crippen molar-refractivity contribution in [3.63, 3.8) is 0 Å². The van der Waals surface area contributed by atoms with Crippen LogP contribution in [0.1, 0.15) is 0 Å². The highest BCUT2D eigenvalue weighted by Crippen LogP contribution is 1.99. The molecule has 0 radical (unpaired) electrons. The zero-order chi connectivity index (χ0) is 6.69. The van der Waals surface area contributed by atoms with Crippen LogP contribution in [0.5, 0.6) is 0 Å². The molecule has 0 saturated carbocycles. The lowest BCUT2D eigenvalue weighted by Gasteiger charge is -2.02. The molecule has 1 aliphatic heterocycles. The molecule has 1 rings (SSSR count). The number of hydrogen-bond acceptors (Lipinski definition) is 3. The van der Waals surface area contributed by atoms with Crippen molar-refractivity contribution in [3.8, 4) is 0 Å². The van der Waals surface area contributed by atoms with E-state index >= 15 is 0 Å². The number of rotatable bonds is 2. The summed E-state index contributed by atoms with van der Waals surface area (Å²) in [4.78, 5) is 3.88. The Morgan fingerprint density at radius 3 is 3.11 bits per heavy atom. The number of ether oxygens (including phenoxy) is 1. The zero-order valence-electron chi connectivity index (χ0n) is 5.08. The van der Waals surface area contributed by atoms with Crippen LogP contribution in [0.15, 0.2) is 17.6 Å². The first kappa shape index (κ1) is 6.29. The number of aliphatic hydroxyl groups excluding tert-OH is 1. The Morgan fingerprint density at radius 1 is 1.89 bits per heavy atom. The Balaban J connectivity index is 2.50. The van der Waals surface area contributed by atoms with E-state index in [0.29, 0.717) is 19.0 Å². The van der Waals surface area contributed by atoms with Crippen LogP contribution in [0.4, 0.5) is 0 Å². The molecule has 0 spiro atoms. The summed E-state index contributed by atoms with van der Waals surface area (Å²) in [6.07, 6.45) is 0.678. The lowest BCUT2D eigenvalue weighted by molar-refractivity contribution is 0.236. The largest absolute Gasteiger partial charge is 0.477 e. The normalized spacial score (nSPS) is 20.3. The van der Waals surface area contributed by atoms with E-state index in [9.17, 15) is 0 Å². The van der Waals surface area contributed by atoms with Crippen LogP contribution in [0.2, 0.25) is 0 Å². The fraction of sp³-hybridized carbons (Fsp3) is 0.500. The van der Waals surface area contributed by atoms with Crippen LogP contribution in [0.3, 0.4) is 0 Å². The Labute approximate surface area is 53.7 Å². The highest BCUT2D eigenvalue weighted by molar-refractivity contribution is 5.83. The van der Waals surface area contributed by atoms with E-state index in [1.54, 1.807) is 0 Å². The Morgan fingerprint density at radius 2 is 2.67 bits per heavy atom. The maximum absolute atomic E-state index is 8.98. The van der Waals surface area contributed by atoms with Crippen molar-refractivity contribution in [1.29, 1.82) is 0 Å². The first-order valence-corrected chi connectivity index (χ1v) is 2.82. The summed E-state index contributed by atoms with van der Waals surface area (Å²) in [7, 11) is 0. The van der Waals surface area contributed by atoms with Crippen LogP contribution < -0.4 is 0 Å². The van der Waals surface area contributed by atoms with E-state index in [1.807, 2.05) is 0 Å². The molecule has 3 heteroatoms. The van der Waals surface area contributed by atoms with Gasteiger partial charge in [-0.2, -0.15) is 0 Å². The summed E-state index contributed by atoms with van der Waals surface area (Å²) in [5.41, 5.74) is 0. The van der Waals surface area contributed by atoms with Gasteiger partial charge >= 0.3 is 0 Å². The summed E-state index contributed by atoms with van der Waals surface area (Å²) >= 11 is 0. The van der Waals surface area contributed by atoms with Crippen LogP contribution in [-0.4, -0.2) is 30.3 Å². The molecule has 0 saturated heterocycles. The molecule has 0 aromatic heterocycles. The van der Waals surface area contributed by atoms with Crippen molar-refractivity contribution >= 4 is 5.90 Å². The molecule has 1 aliphatic rings. The standard InChI is InChI=1S/C6H9NO2/c1-2-5(8)6-7-3-4-9-6/h2,5,8H,1,3-4H2. The highest BCUT2D eigenvalue weighted by atomic mass is 16.5. The summed E-state index contributed by atoms with van der Waals surface area (Å²) in [6, 6.07) is 0. The third-order valence-corrected chi connectivity index (χ3v) is 1.09. The van der Waals surface area contributed by atoms with Crippen molar-refractivity contribution in [3.05, 3.63) is 12.7 Å². The minimum Gasteiger partial charge on any atom is -0.477 e. The van der Waals surface area contributed by atoms with Gasteiger partial charge in [-0.3, -0.25) is 0 Å². The first-order chi connectivity index (χ1) is 4.34. The molecule has 0 fully saturated rings. The molecule has 1 heterocycles. The molecule has 0 amide bonds. The van der Waals surface area contributed by atoms with Crippen LogP contribution in [0, 0.1) is 0 Å². The van der Waals surface area contributed by atoms with Gasteiger partial charge in [0.15, 0.2) is 0 Å². The van der Waals surface area contributed by atoms with Crippen molar-refractivity contribution in [2.75, 3.05) is 13.2 Å². The van der Waals surface area contributed by atoms with Gasteiger partial charge in [0.2, 0.25) is 5.90 Å². The van der Waals surface area contributed by atoms with Gasteiger partial charge < -0.3 is 9.84 Å². The SMILES string of the molecule is C=CC(O)C1=NCCO1. The molecule has 1 atom stereocenters. The van der Waals surface area contributed by atoms with Gasteiger partial charge in [-0.25, -0.2) is 4.99 Å². The molecule has 0 aromatic rings. The molecular formula is C6H9NO2. The van der Waals surface area contributed by atoms with Crippen LogP contribution >= 0.6 is 0 Å². The lowest BCUT2D eigenvalue weighted by Crippen LogP contribution is -2.17. The van der Waals surface area contributed by atoms with Crippen LogP contribution in [-0.2, 0) is 4.74 Å². The van der Waals surface area contributed by atoms with Crippen molar-refractivity contribution in [2.45, 2.75) is 6.10 Å². The molecule has 0 bridgehead atoms. The summed E-state index contributed by atoms with van der Waals surface area (Å²) in [5, 5.41) is 8.98. The van der Waals surface area contributed by atoms with Gasteiger partial charge in [0.25, 0.3) is 0 Å². The molecule has 3 nitrogen and oxygen atoms in total. The van der Waals surface area contributed by atoms with E-state index in [4.69, 9.17) is 9.84 Å². The highest BCUT2D eigenvalue weighted by Gasteiger charge is 2.13. The fourth-order valence-electron chi connectivity index (χ4n) is 0.631. The first-order valence-electron chi connectivity index (χ1n) is 2.82. The number of aliphatic imine (C=N–C) groups is 1. The average Bonchev–Trinajstić information content (AvgIpc) is 2.37. The monoisotopic (exact) mass is 127 g/mol. The Hall–Kier alpha value is -0.830. The van der Waals surface area contributed by atoms with Crippen LogP contribution in [0.25, 0.3) is 0 Å². The Kier molecular flexibility index (Phi) is 1.85. The van der Waals surface area contributed by atoms with E-state index in [2.05, 4.69) is 11.6 Å². The van der Waals surface area contributed by atoms with Gasteiger partial charge in [0, 0.05) is 0 Å². The topological polar surface area (TPSA) is 41.8 Å². The van der Waals surface area contributed by atoms with Crippen molar-refractivity contribution in [1.82, 2.24) is 0 Å². The molecule has 0 aliphatic carbocycles. The van der Waals surface area contributed by atoms with Crippen molar-refractivity contribution in [2.24, 2.45) is 4.99 Å². The van der Waals surface area contributed by atoms with Crippen molar-refractivity contribution < 1.29 is 9.84 Å². The maximum atomic E-state index is 8.98. The second-order valence-electron chi connectivity index (χ2n) is 1.75. The van der Waals surface area contributed by atoms with E-state index < -0.39 is 6.10 Å². The van der Waals surface area contributed by atoms with E-state index in [0.717, 1.165) is 0 Å². The second kappa shape index (κ2) is 2.64. The quantitative estimate of drug-likeness (QED) is 0.529. The maximum Gasteiger partial charge on any atom is 0.217 e. The molecule has 50 valence electrons. The van der Waals surface area contributed by atoms with E-state index in [-0.39, 0.29) is 0 Å². The van der Waals surface area contributed by atoms with Gasteiger partial charge in [-0.15, -0.1) is 6.58 Å². The van der Waals surface area contributed by atoms with E-state index in [1.165, 1.54) is 6.08 Å². The number of aliphatic hydroxyl groups is 1. The summed E-state index contributed by atoms with van der Waals surface area (Å²) in [6.45, 7) is 4.63. The minimum absolute atomic E-state index is 0.394. The smallest absolute Gasteiger partial charge is 0.217 e. The fourth-order valence-corrected chi connectivity index (χ4v) is 0.631. The number of nitrogens with zero attached hydrogens (tertiary/aromatic N) is 1. The zero-order valence-corrected chi connectivity index (χ0v) is 5.08. The summed E-state index contributed by atoms with van der Waals surface area (Å²) < 4.78 is 4.93. The third kappa shape index (κ3) is 1.29. The van der Waals surface area contributed by atoms with Gasteiger partial charge in [0.05, 0.1) is 6.54 Å². The van der Waals surface area contributed by atoms with Gasteiger partial charge in [-0.05, 0) is 0 Å². The second-order valence-corrected chi connectivity index (χ2v) is 1.75. The minimum atomic E-state index is -0.715. The predicted molar refractivity (Wildman–Crippen MR) is 34.5 cm³/mol. The average molecular weight is 127 g/mol. The molecule has 9 heavy (non-hydrogen) atoms. The predicted octanol–water partition coefficient (Wildman–Crippen LogP) is -0.0380. The molecular weight excluding hydrogens is 118 g/mol. The molecule has 0 aromatic carbocycles. The molecule has 1 N–H and O–H groups in total. The Bertz CT molecular complexity index is 142. The number of hydrogen-bond donors (Lipinski definition) is 1. The van der Waals surface area contributed by atoms with Gasteiger partial charge in [-0.1, -0.05) is 6.08 Å². The lowest BCUT2D eigenvalue weighted by atomic mass is 10.3. The van der Waals surface area contributed by atoms with Gasteiger partial charge in [0.1, 0.15) is 12.7 Å². The molecule has 1 unspecified atom stereocenters. The third-order valence-electron chi connectivity index (χ3n) is 1.09.